The molecule has 5 nitrogen and oxygen atoms in total. The van der Waals surface area contributed by atoms with Gasteiger partial charge < -0.3 is 10.5 Å². The highest BCUT2D eigenvalue weighted by molar-refractivity contribution is 7.89. The number of rotatable bonds is 6. The van der Waals surface area contributed by atoms with Crippen molar-refractivity contribution in [3.8, 4) is 5.75 Å². The molecule has 0 amide bonds. The van der Waals surface area contributed by atoms with Crippen LogP contribution in [-0.2, 0) is 10.0 Å². The van der Waals surface area contributed by atoms with Crippen molar-refractivity contribution in [2.24, 2.45) is 5.73 Å². The summed E-state index contributed by atoms with van der Waals surface area (Å²) < 4.78 is 31.9. The number of hydrogen-bond acceptors (Lipinski definition) is 4. The molecular formula is C12H20N2O3S. The van der Waals surface area contributed by atoms with Crippen LogP contribution in [0.2, 0.25) is 0 Å². The van der Waals surface area contributed by atoms with Gasteiger partial charge in [0.25, 0.3) is 0 Å². The summed E-state index contributed by atoms with van der Waals surface area (Å²) in [5, 5.41) is 0. The van der Waals surface area contributed by atoms with Crippen LogP contribution in [0, 0.1) is 0 Å². The first-order valence-corrected chi connectivity index (χ1v) is 7.17. The molecule has 0 aliphatic carbocycles. The standard InChI is InChI=1S/C12H20N2O3S/c1-12(2,8-9-13)14-18(15,16)11-6-4-10(17-3)5-7-11/h4-7,14H,8-9,13H2,1-3H3. The molecule has 1 aromatic carbocycles. The maximum absolute atomic E-state index is 12.1. The van der Waals surface area contributed by atoms with E-state index in [9.17, 15) is 8.42 Å². The maximum atomic E-state index is 12.1. The molecule has 0 fully saturated rings. The first-order valence-electron chi connectivity index (χ1n) is 5.69. The van der Waals surface area contributed by atoms with E-state index >= 15 is 0 Å². The Morgan fingerprint density at radius 1 is 1.28 bits per heavy atom. The Morgan fingerprint density at radius 2 is 1.83 bits per heavy atom. The summed E-state index contributed by atoms with van der Waals surface area (Å²) in [7, 11) is -1.99. The monoisotopic (exact) mass is 272 g/mol. The molecule has 0 unspecified atom stereocenters. The highest BCUT2D eigenvalue weighted by Crippen LogP contribution is 2.18. The van der Waals surface area contributed by atoms with Gasteiger partial charge in [0.05, 0.1) is 12.0 Å². The Kier molecular flexibility index (Phi) is 4.72. The lowest BCUT2D eigenvalue weighted by molar-refractivity contribution is 0.414. The van der Waals surface area contributed by atoms with E-state index in [0.717, 1.165) is 0 Å². The second kappa shape index (κ2) is 5.69. The Labute approximate surface area is 108 Å². The van der Waals surface area contributed by atoms with Crippen molar-refractivity contribution in [3.05, 3.63) is 24.3 Å². The number of nitrogens with one attached hydrogen (secondary N) is 1. The van der Waals surface area contributed by atoms with Gasteiger partial charge in [0, 0.05) is 5.54 Å². The van der Waals surface area contributed by atoms with E-state index in [1.165, 1.54) is 19.2 Å². The molecule has 0 heterocycles. The molecule has 0 saturated carbocycles. The zero-order valence-electron chi connectivity index (χ0n) is 10.9. The Bertz CT molecular complexity index is 481. The maximum Gasteiger partial charge on any atom is 0.241 e. The van der Waals surface area contributed by atoms with E-state index in [0.29, 0.717) is 18.7 Å². The first-order chi connectivity index (χ1) is 8.30. The minimum Gasteiger partial charge on any atom is -0.497 e. The molecule has 0 aromatic heterocycles. The lowest BCUT2D eigenvalue weighted by Gasteiger charge is -2.25. The third-order valence-electron chi connectivity index (χ3n) is 2.55. The van der Waals surface area contributed by atoms with Crippen LogP contribution in [0.5, 0.6) is 5.75 Å². The minimum atomic E-state index is -3.53. The zero-order valence-corrected chi connectivity index (χ0v) is 11.8. The van der Waals surface area contributed by atoms with Crippen LogP contribution in [-0.4, -0.2) is 27.6 Å². The summed E-state index contributed by atoms with van der Waals surface area (Å²) >= 11 is 0. The molecular weight excluding hydrogens is 252 g/mol. The van der Waals surface area contributed by atoms with Gasteiger partial charge in [-0.1, -0.05) is 0 Å². The molecule has 18 heavy (non-hydrogen) atoms. The van der Waals surface area contributed by atoms with Gasteiger partial charge in [-0.15, -0.1) is 0 Å². The van der Waals surface area contributed by atoms with Gasteiger partial charge in [-0.05, 0) is 51.1 Å². The van der Waals surface area contributed by atoms with Crippen LogP contribution in [0.1, 0.15) is 20.3 Å². The van der Waals surface area contributed by atoms with Gasteiger partial charge in [-0.3, -0.25) is 0 Å². The van der Waals surface area contributed by atoms with Gasteiger partial charge in [-0.25, -0.2) is 13.1 Å². The minimum absolute atomic E-state index is 0.216. The number of hydrogen-bond donors (Lipinski definition) is 2. The number of nitrogens with two attached hydrogens (primary N) is 1. The number of methoxy groups -OCH3 is 1. The number of sulfonamides is 1. The normalized spacial score (nSPS) is 12.4. The molecule has 6 heteroatoms. The molecule has 102 valence electrons. The highest BCUT2D eigenvalue weighted by atomic mass is 32.2. The predicted octanol–water partition coefficient (Wildman–Crippen LogP) is 1.10. The fraction of sp³-hybridized carbons (Fsp3) is 0.500. The average Bonchev–Trinajstić information content (AvgIpc) is 2.27. The van der Waals surface area contributed by atoms with Gasteiger partial charge in [-0.2, -0.15) is 0 Å². The first kappa shape index (κ1) is 14.9. The summed E-state index contributed by atoms with van der Waals surface area (Å²) in [4.78, 5) is 0.216. The third kappa shape index (κ3) is 3.97. The van der Waals surface area contributed by atoms with E-state index < -0.39 is 15.6 Å². The summed E-state index contributed by atoms with van der Waals surface area (Å²) in [6.45, 7) is 4.04. The van der Waals surface area contributed by atoms with Crippen LogP contribution in [0.3, 0.4) is 0 Å². The van der Waals surface area contributed by atoms with E-state index in [2.05, 4.69) is 4.72 Å². The van der Waals surface area contributed by atoms with Crippen molar-refractivity contribution in [3.63, 3.8) is 0 Å². The van der Waals surface area contributed by atoms with Crippen molar-refractivity contribution in [1.29, 1.82) is 0 Å². The summed E-state index contributed by atoms with van der Waals surface area (Å²) in [5.41, 5.74) is 4.90. The second-order valence-electron chi connectivity index (χ2n) is 4.70. The van der Waals surface area contributed by atoms with E-state index in [4.69, 9.17) is 10.5 Å². The van der Waals surface area contributed by atoms with Gasteiger partial charge in [0.1, 0.15) is 5.75 Å². The van der Waals surface area contributed by atoms with Crippen molar-refractivity contribution >= 4 is 10.0 Å². The molecule has 0 aliphatic rings. The van der Waals surface area contributed by atoms with Crippen LogP contribution in [0.25, 0.3) is 0 Å². The number of benzene rings is 1. The largest absolute Gasteiger partial charge is 0.497 e. The highest BCUT2D eigenvalue weighted by Gasteiger charge is 2.25. The van der Waals surface area contributed by atoms with Gasteiger partial charge in [0.2, 0.25) is 10.0 Å². The molecule has 3 N–H and O–H groups in total. The molecule has 0 atom stereocenters. The number of ether oxygens (including phenoxy) is 1. The van der Waals surface area contributed by atoms with E-state index in [1.807, 2.05) is 0 Å². The van der Waals surface area contributed by atoms with E-state index in [1.54, 1.807) is 26.0 Å². The summed E-state index contributed by atoms with van der Waals surface area (Å²) in [6.07, 6.45) is 0.572. The third-order valence-corrected chi connectivity index (χ3v) is 4.26. The van der Waals surface area contributed by atoms with E-state index in [-0.39, 0.29) is 4.90 Å². The topological polar surface area (TPSA) is 81.4 Å². The smallest absolute Gasteiger partial charge is 0.241 e. The molecule has 1 rings (SSSR count). The van der Waals surface area contributed by atoms with Crippen LogP contribution in [0.15, 0.2) is 29.2 Å². The molecule has 0 radical (unpaired) electrons. The van der Waals surface area contributed by atoms with Crippen LogP contribution in [0.4, 0.5) is 0 Å². The van der Waals surface area contributed by atoms with Crippen molar-refractivity contribution in [2.45, 2.75) is 30.7 Å². The quantitative estimate of drug-likeness (QED) is 0.812. The summed E-state index contributed by atoms with van der Waals surface area (Å²) in [6, 6.07) is 6.26. The second-order valence-corrected chi connectivity index (χ2v) is 6.39. The fourth-order valence-electron chi connectivity index (χ4n) is 1.59. The van der Waals surface area contributed by atoms with Crippen molar-refractivity contribution < 1.29 is 13.2 Å². The van der Waals surface area contributed by atoms with Crippen molar-refractivity contribution in [2.75, 3.05) is 13.7 Å². The Morgan fingerprint density at radius 3 is 2.28 bits per heavy atom. The molecule has 1 aromatic rings. The Balaban J connectivity index is 2.92. The molecule has 0 aliphatic heterocycles. The van der Waals surface area contributed by atoms with Crippen LogP contribution >= 0.6 is 0 Å². The molecule has 0 saturated heterocycles. The Hall–Kier alpha value is -1.11. The van der Waals surface area contributed by atoms with Crippen molar-refractivity contribution in [1.82, 2.24) is 4.72 Å². The van der Waals surface area contributed by atoms with Gasteiger partial charge >= 0.3 is 0 Å². The molecule has 0 spiro atoms. The van der Waals surface area contributed by atoms with Gasteiger partial charge in [0.15, 0.2) is 0 Å². The van der Waals surface area contributed by atoms with Crippen LogP contribution < -0.4 is 15.2 Å². The molecule has 0 bridgehead atoms. The lowest BCUT2D eigenvalue weighted by Crippen LogP contribution is -2.44. The predicted molar refractivity (Wildman–Crippen MR) is 71.1 cm³/mol. The fourth-order valence-corrected chi connectivity index (χ4v) is 3.03. The summed E-state index contributed by atoms with van der Waals surface area (Å²) in [5.74, 6) is 0.621. The lowest BCUT2D eigenvalue weighted by atomic mass is 10.0. The average molecular weight is 272 g/mol. The SMILES string of the molecule is COc1ccc(S(=O)(=O)NC(C)(C)CCN)cc1. The zero-order chi connectivity index (χ0) is 13.8.